The van der Waals surface area contributed by atoms with E-state index in [9.17, 15) is 9.18 Å². The third-order valence-corrected chi connectivity index (χ3v) is 4.38. The fraction of sp³-hybridized carbons (Fsp3) is 0.294. The second-order valence-corrected chi connectivity index (χ2v) is 5.94. The Morgan fingerprint density at radius 2 is 2.04 bits per heavy atom. The number of nitrogens with zero attached hydrogens (tertiary/aromatic N) is 5. The summed E-state index contributed by atoms with van der Waals surface area (Å²) in [5, 5.41) is 15.3. The molecule has 0 bridgehead atoms. The van der Waals surface area contributed by atoms with Gasteiger partial charge in [0.15, 0.2) is 5.82 Å². The van der Waals surface area contributed by atoms with E-state index in [0.29, 0.717) is 31.0 Å². The molecule has 0 unspecified atom stereocenters. The number of carbonyl (C=O) groups is 1. The summed E-state index contributed by atoms with van der Waals surface area (Å²) in [6, 6.07) is 7.69. The minimum Gasteiger partial charge on any atom is -0.328 e. The third kappa shape index (κ3) is 2.79. The number of rotatable bonds is 3. The molecule has 1 aliphatic heterocycles. The van der Waals surface area contributed by atoms with Crippen molar-refractivity contribution >= 4 is 5.91 Å². The van der Waals surface area contributed by atoms with E-state index in [4.69, 9.17) is 0 Å². The van der Waals surface area contributed by atoms with Crippen molar-refractivity contribution < 1.29 is 9.18 Å². The van der Waals surface area contributed by atoms with Gasteiger partial charge in [0, 0.05) is 25.1 Å². The first-order valence-electron chi connectivity index (χ1n) is 8.17. The highest BCUT2D eigenvalue weighted by molar-refractivity contribution is 5.93. The van der Waals surface area contributed by atoms with Crippen LogP contribution in [0.1, 0.15) is 29.1 Å². The molecule has 0 saturated carbocycles. The fourth-order valence-electron chi connectivity index (χ4n) is 3.02. The van der Waals surface area contributed by atoms with E-state index in [-0.39, 0.29) is 11.7 Å². The zero-order valence-electron chi connectivity index (χ0n) is 13.7. The number of aromatic nitrogens is 5. The summed E-state index contributed by atoms with van der Waals surface area (Å²) in [6.07, 6.45) is 0.822. The van der Waals surface area contributed by atoms with Crippen LogP contribution in [0.3, 0.4) is 0 Å². The van der Waals surface area contributed by atoms with Crippen molar-refractivity contribution in [2.24, 2.45) is 0 Å². The van der Waals surface area contributed by atoms with Crippen LogP contribution in [-0.4, -0.2) is 42.3 Å². The van der Waals surface area contributed by atoms with Gasteiger partial charge in [0.25, 0.3) is 5.91 Å². The van der Waals surface area contributed by atoms with Crippen molar-refractivity contribution in [1.82, 2.24) is 29.9 Å². The second kappa shape index (κ2) is 6.12. The summed E-state index contributed by atoms with van der Waals surface area (Å²) in [5.74, 6) is 1.31. The van der Waals surface area contributed by atoms with Crippen molar-refractivity contribution in [3.8, 4) is 11.3 Å². The summed E-state index contributed by atoms with van der Waals surface area (Å²) in [6.45, 7) is 3.76. The molecule has 8 heteroatoms. The predicted molar refractivity (Wildman–Crippen MR) is 88.1 cm³/mol. The highest BCUT2D eigenvalue weighted by Crippen LogP contribution is 2.20. The average molecular weight is 340 g/mol. The predicted octanol–water partition coefficient (Wildman–Crippen LogP) is 2.03. The number of fused-ring (bicyclic) bond motifs is 1. The van der Waals surface area contributed by atoms with Gasteiger partial charge >= 0.3 is 0 Å². The normalized spacial score (nSPS) is 13.8. The Balaban J connectivity index is 1.53. The molecule has 0 radical (unpaired) electrons. The maximum atomic E-state index is 13.0. The highest BCUT2D eigenvalue weighted by Gasteiger charge is 2.26. The van der Waals surface area contributed by atoms with Crippen molar-refractivity contribution in [2.75, 3.05) is 6.54 Å². The first-order chi connectivity index (χ1) is 12.2. The number of carbonyl (C=O) groups excluding carboxylic acids is 1. The first kappa shape index (κ1) is 15.5. The summed E-state index contributed by atoms with van der Waals surface area (Å²) in [5.41, 5.74) is 1.77. The lowest BCUT2D eigenvalue weighted by atomic mass is 10.1. The van der Waals surface area contributed by atoms with Crippen LogP contribution in [0.15, 0.2) is 30.3 Å². The van der Waals surface area contributed by atoms with Gasteiger partial charge in [-0.3, -0.25) is 9.89 Å². The average Bonchev–Trinajstić information content (AvgIpc) is 3.28. The second-order valence-electron chi connectivity index (χ2n) is 5.94. The summed E-state index contributed by atoms with van der Waals surface area (Å²) < 4.78 is 15.1. The van der Waals surface area contributed by atoms with Crippen LogP contribution >= 0.6 is 0 Å². The van der Waals surface area contributed by atoms with Gasteiger partial charge in [-0.15, -0.1) is 10.2 Å². The van der Waals surface area contributed by atoms with E-state index in [2.05, 4.69) is 25.0 Å². The molecule has 1 amide bonds. The Morgan fingerprint density at radius 3 is 2.80 bits per heavy atom. The lowest BCUT2D eigenvalue weighted by Gasteiger charge is -2.27. The van der Waals surface area contributed by atoms with Crippen LogP contribution < -0.4 is 0 Å². The largest absolute Gasteiger partial charge is 0.328 e. The highest BCUT2D eigenvalue weighted by atomic mass is 19.1. The zero-order chi connectivity index (χ0) is 17.4. The lowest BCUT2D eigenvalue weighted by Crippen LogP contribution is -2.39. The maximum Gasteiger partial charge on any atom is 0.272 e. The standard InChI is InChI=1S/C17H17FN6O/c1-2-15-21-22-16-10-23(7-8-24(15)16)17(25)14-9-13(19-20-14)11-3-5-12(18)6-4-11/h3-6,9H,2,7-8,10H2,1H3,(H,19,20). The van der Waals surface area contributed by atoms with E-state index in [1.807, 2.05) is 6.92 Å². The fourth-order valence-corrected chi connectivity index (χ4v) is 3.02. The van der Waals surface area contributed by atoms with E-state index in [1.165, 1.54) is 12.1 Å². The van der Waals surface area contributed by atoms with E-state index < -0.39 is 0 Å². The molecule has 25 heavy (non-hydrogen) atoms. The van der Waals surface area contributed by atoms with Crippen LogP contribution in [0.5, 0.6) is 0 Å². The minimum atomic E-state index is -0.306. The number of amides is 1. The van der Waals surface area contributed by atoms with Crippen LogP contribution in [-0.2, 0) is 19.5 Å². The quantitative estimate of drug-likeness (QED) is 0.791. The Hall–Kier alpha value is -3.03. The molecule has 2 aromatic heterocycles. The molecule has 0 aliphatic carbocycles. The first-order valence-corrected chi connectivity index (χ1v) is 8.17. The molecule has 0 atom stereocenters. The van der Waals surface area contributed by atoms with Crippen molar-refractivity contribution in [1.29, 1.82) is 0 Å². The number of H-pyrrole nitrogens is 1. The van der Waals surface area contributed by atoms with E-state index in [1.54, 1.807) is 23.1 Å². The van der Waals surface area contributed by atoms with Gasteiger partial charge in [0.2, 0.25) is 0 Å². The van der Waals surface area contributed by atoms with Gasteiger partial charge in [-0.2, -0.15) is 5.10 Å². The molecule has 4 rings (SSSR count). The Labute approximate surface area is 143 Å². The van der Waals surface area contributed by atoms with Crippen molar-refractivity contribution in [3.63, 3.8) is 0 Å². The smallest absolute Gasteiger partial charge is 0.272 e. The van der Waals surface area contributed by atoms with Gasteiger partial charge in [0.1, 0.15) is 17.3 Å². The molecule has 128 valence electrons. The number of aromatic amines is 1. The van der Waals surface area contributed by atoms with E-state index in [0.717, 1.165) is 23.6 Å². The van der Waals surface area contributed by atoms with Crippen molar-refractivity contribution in [2.45, 2.75) is 26.4 Å². The molecular formula is C17H17FN6O. The topological polar surface area (TPSA) is 79.7 Å². The molecular weight excluding hydrogens is 323 g/mol. The molecule has 7 nitrogen and oxygen atoms in total. The molecule has 1 N–H and O–H groups in total. The number of nitrogens with one attached hydrogen (secondary N) is 1. The zero-order valence-corrected chi connectivity index (χ0v) is 13.7. The monoisotopic (exact) mass is 340 g/mol. The minimum absolute atomic E-state index is 0.131. The van der Waals surface area contributed by atoms with Crippen LogP contribution in [0, 0.1) is 5.82 Å². The molecule has 0 spiro atoms. The lowest BCUT2D eigenvalue weighted by molar-refractivity contribution is 0.0700. The summed E-state index contributed by atoms with van der Waals surface area (Å²) >= 11 is 0. The maximum absolute atomic E-state index is 13.0. The van der Waals surface area contributed by atoms with Gasteiger partial charge in [-0.1, -0.05) is 6.92 Å². The molecule has 0 fully saturated rings. The number of halogens is 1. The SMILES string of the molecule is CCc1nnc2n1CCN(C(=O)c1cc(-c3ccc(F)cc3)n[nH]1)C2. The van der Waals surface area contributed by atoms with Crippen LogP contribution in [0.2, 0.25) is 0 Å². The molecule has 3 aromatic rings. The van der Waals surface area contributed by atoms with Gasteiger partial charge in [0.05, 0.1) is 12.2 Å². The number of benzene rings is 1. The number of aryl methyl sites for hydroxylation is 1. The summed E-state index contributed by atoms with van der Waals surface area (Å²) in [4.78, 5) is 14.4. The molecule has 3 heterocycles. The van der Waals surface area contributed by atoms with Gasteiger partial charge in [-0.25, -0.2) is 4.39 Å². The van der Waals surface area contributed by atoms with Gasteiger partial charge in [-0.05, 0) is 30.3 Å². The molecule has 1 aliphatic rings. The Kier molecular flexibility index (Phi) is 3.79. The Bertz CT molecular complexity index is 914. The van der Waals surface area contributed by atoms with Crippen LogP contribution in [0.4, 0.5) is 4.39 Å². The number of hydrogen-bond acceptors (Lipinski definition) is 4. The van der Waals surface area contributed by atoms with Crippen LogP contribution in [0.25, 0.3) is 11.3 Å². The number of hydrogen-bond donors (Lipinski definition) is 1. The molecule has 1 aromatic carbocycles. The van der Waals surface area contributed by atoms with Gasteiger partial charge < -0.3 is 9.47 Å². The Morgan fingerprint density at radius 1 is 1.24 bits per heavy atom. The van der Waals surface area contributed by atoms with E-state index >= 15 is 0 Å². The van der Waals surface area contributed by atoms with Crippen molar-refractivity contribution in [3.05, 3.63) is 53.5 Å². The third-order valence-electron chi connectivity index (χ3n) is 4.38. The molecule has 0 saturated heterocycles. The summed E-state index contributed by atoms with van der Waals surface area (Å²) in [7, 11) is 0.